The van der Waals surface area contributed by atoms with Gasteiger partial charge < -0.3 is 19.7 Å². The molecule has 9 heteroatoms. The molecular formula is C18H23N5O4. The SMILES string of the molecule is Cn1c(=O)c2c(ncn2CCNCC(O)COc2ccccc2)n(C)c1=O. The van der Waals surface area contributed by atoms with Crippen LogP contribution in [-0.2, 0) is 20.6 Å². The Morgan fingerprint density at radius 3 is 2.67 bits per heavy atom. The number of rotatable bonds is 8. The summed E-state index contributed by atoms with van der Waals surface area (Å²) in [5.41, 5.74) is -0.0342. The molecule has 2 heterocycles. The summed E-state index contributed by atoms with van der Waals surface area (Å²) < 4.78 is 9.63. The Kier molecular flexibility index (Phi) is 5.72. The lowest BCUT2D eigenvalue weighted by molar-refractivity contribution is 0.106. The van der Waals surface area contributed by atoms with E-state index in [9.17, 15) is 14.7 Å². The number of ether oxygens (including phenoxy) is 1. The molecule has 0 aliphatic rings. The fourth-order valence-corrected chi connectivity index (χ4v) is 2.80. The van der Waals surface area contributed by atoms with Crippen LogP contribution < -0.4 is 21.3 Å². The molecule has 1 aromatic carbocycles. The number of para-hydroxylation sites is 1. The summed E-state index contributed by atoms with van der Waals surface area (Å²) in [5.74, 6) is 0.711. The Morgan fingerprint density at radius 2 is 1.93 bits per heavy atom. The highest BCUT2D eigenvalue weighted by atomic mass is 16.5. The maximum Gasteiger partial charge on any atom is 0.332 e. The second kappa shape index (κ2) is 8.19. The second-order valence-electron chi connectivity index (χ2n) is 6.30. The predicted molar refractivity (Wildman–Crippen MR) is 101 cm³/mol. The van der Waals surface area contributed by atoms with Gasteiger partial charge in [-0.3, -0.25) is 13.9 Å². The summed E-state index contributed by atoms with van der Waals surface area (Å²) in [6, 6.07) is 9.30. The zero-order chi connectivity index (χ0) is 19.4. The Balaban J connectivity index is 1.54. The molecule has 0 aliphatic heterocycles. The van der Waals surface area contributed by atoms with Crippen LogP contribution in [0.15, 0.2) is 46.2 Å². The van der Waals surface area contributed by atoms with Crippen LogP contribution in [0.3, 0.4) is 0 Å². The number of nitrogens with zero attached hydrogens (tertiary/aromatic N) is 4. The van der Waals surface area contributed by atoms with Crippen molar-refractivity contribution in [3.63, 3.8) is 0 Å². The van der Waals surface area contributed by atoms with Crippen LogP contribution in [0.2, 0.25) is 0 Å². The van der Waals surface area contributed by atoms with Crippen molar-refractivity contribution in [2.45, 2.75) is 12.6 Å². The zero-order valence-electron chi connectivity index (χ0n) is 15.3. The number of imidazole rings is 1. The Hall–Kier alpha value is -2.91. The maximum absolute atomic E-state index is 12.4. The third kappa shape index (κ3) is 4.09. The van der Waals surface area contributed by atoms with Gasteiger partial charge in [0.2, 0.25) is 0 Å². The third-order valence-corrected chi connectivity index (χ3v) is 4.31. The second-order valence-corrected chi connectivity index (χ2v) is 6.30. The molecule has 0 bridgehead atoms. The minimum absolute atomic E-state index is 0.188. The molecule has 0 radical (unpaired) electrons. The van der Waals surface area contributed by atoms with Gasteiger partial charge in [0.15, 0.2) is 11.2 Å². The summed E-state index contributed by atoms with van der Waals surface area (Å²) in [5, 5.41) is 13.1. The minimum atomic E-state index is -0.654. The van der Waals surface area contributed by atoms with Gasteiger partial charge in [-0.1, -0.05) is 18.2 Å². The highest BCUT2D eigenvalue weighted by molar-refractivity contribution is 5.69. The molecule has 0 amide bonds. The molecule has 27 heavy (non-hydrogen) atoms. The molecule has 1 unspecified atom stereocenters. The Bertz CT molecular complexity index is 1020. The number of aliphatic hydroxyl groups excluding tert-OH is 1. The molecule has 0 spiro atoms. The van der Waals surface area contributed by atoms with Crippen LogP contribution in [0.4, 0.5) is 0 Å². The van der Waals surface area contributed by atoms with Gasteiger partial charge in [0, 0.05) is 33.7 Å². The van der Waals surface area contributed by atoms with Crippen LogP contribution in [-0.4, -0.2) is 49.6 Å². The van der Waals surface area contributed by atoms with E-state index in [1.807, 2.05) is 30.3 Å². The minimum Gasteiger partial charge on any atom is -0.491 e. The molecule has 2 aromatic heterocycles. The number of aromatic nitrogens is 4. The number of hydrogen-bond acceptors (Lipinski definition) is 6. The topological polar surface area (TPSA) is 103 Å². The summed E-state index contributed by atoms with van der Waals surface area (Å²) in [6.45, 7) is 1.56. The molecule has 9 nitrogen and oxygen atoms in total. The molecule has 0 fully saturated rings. The summed E-state index contributed by atoms with van der Waals surface area (Å²) in [4.78, 5) is 28.5. The first-order valence-corrected chi connectivity index (χ1v) is 8.66. The van der Waals surface area contributed by atoms with Gasteiger partial charge in [-0.15, -0.1) is 0 Å². The van der Waals surface area contributed by atoms with Crippen molar-refractivity contribution >= 4 is 11.2 Å². The summed E-state index contributed by atoms with van der Waals surface area (Å²) in [7, 11) is 3.03. The van der Waals surface area contributed by atoms with Crippen LogP contribution in [0.1, 0.15) is 0 Å². The van der Waals surface area contributed by atoms with Crippen molar-refractivity contribution in [1.29, 1.82) is 0 Å². The van der Waals surface area contributed by atoms with Crippen LogP contribution in [0.5, 0.6) is 5.75 Å². The van der Waals surface area contributed by atoms with E-state index < -0.39 is 11.8 Å². The van der Waals surface area contributed by atoms with Gasteiger partial charge in [-0.25, -0.2) is 9.78 Å². The number of fused-ring (bicyclic) bond motifs is 1. The lowest BCUT2D eigenvalue weighted by atomic mass is 10.3. The summed E-state index contributed by atoms with van der Waals surface area (Å²) in [6.07, 6.45) is 0.890. The van der Waals surface area contributed by atoms with Gasteiger partial charge in [-0.05, 0) is 12.1 Å². The number of benzene rings is 1. The van der Waals surface area contributed by atoms with Gasteiger partial charge in [-0.2, -0.15) is 0 Å². The van der Waals surface area contributed by atoms with Crippen LogP contribution in [0.25, 0.3) is 11.2 Å². The number of nitrogens with one attached hydrogen (secondary N) is 1. The van der Waals surface area contributed by atoms with E-state index in [4.69, 9.17) is 4.74 Å². The van der Waals surface area contributed by atoms with Crippen molar-refractivity contribution in [2.24, 2.45) is 14.1 Å². The molecule has 1 atom stereocenters. The number of aryl methyl sites for hydroxylation is 1. The predicted octanol–water partition coefficient (Wildman–Crippen LogP) is -0.537. The third-order valence-electron chi connectivity index (χ3n) is 4.31. The first kappa shape index (κ1) is 18.9. The van der Waals surface area contributed by atoms with Crippen molar-refractivity contribution in [2.75, 3.05) is 19.7 Å². The highest BCUT2D eigenvalue weighted by Gasteiger charge is 2.14. The van der Waals surface area contributed by atoms with Crippen LogP contribution >= 0.6 is 0 Å². The Morgan fingerprint density at radius 1 is 1.19 bits per heavy atom. The van der Waals surface area contributed by atoms with E-state index in [2.05, 4.69) is 10.3 Å². The van der Waals surface area contributed by atoms with Crippen molar-refractivity contribution in [3.05, 3.63) is 57.5 Å². The summed E-state index contributed by atoms with van der Waals surface area (Å²) >= 11 is 0. The molecule has 3 aromatic rings. The van der Waals surface area contributed by atoms with E-state index in [1.165, 1.54) is 11.6 Å². The molecule has 0 aliphatic carbocycles. The zero-order valence-corrected chi connectivity index (χ0v) is 15.3. The normalized spacial score (nSPS) is 12.4. The molecule has 3 rings (SSSR count). The smallest absolute Gasteiger partial charge is 0.332 e. The molecule has 0 saturated heterocycles. The fourth-order valence-electron chi connectivity index (χ4n) is 2.80. The van der Waals surface area contributed by atoms with Crippen molar-refractivity contribution in [1.82, 2.24) is 24.0 Å². The first-order valence-electron chi connectivity index (χ1n) is 8.66. The van der Waals surface area contributed by atoms with Gasteiger partial charge >= 0.3 is 5.69 Å². The average molecular weight is 373 g/mol. The molecule has 144 valence electrons. The van der Waals surface area contributed by atoms with E-state index >= 15 is 0 Å². The maximum atomic E-state index is 12.4. The van der Waals surface area contributed by atoms with Crippen molar-refractivity contribution < 1.29 is 9.84 Å². The van der Waals surface area contributed by atoms with E-state index in [1.54, 1.807) is 17.9 Å². The first-order chi connectivity index (χ1) is 13.0. The standard InChI is InChI=1S/C18H23N5O4/c1-21-16-15(17(25)22(2)18(21)26)23(12-20-16)9-8-19-10-13(24)11-27-14-6-4-3-5-7-14/h3-7,12-13,19,24H,8-11H2,1-2H3. The van der Waals surface area contributed by atoms with Crippen molar-refractivity contribution in [3.8, 4) is 5.75 Å². The lowest BCUT2D eigenvalue weighted by Crippen LogP contribution is -2.38. The van der Waals surface area contributed by atoms with E-state index in [0.29, 0.717) is 36.5 Å². The van der Waals surface area contributed by atoms with Gasteiger partial charge in [0.25, 0.3) is 5.56 Å². The Labute approximate surface area is 155 Å². The molecular weight excluding hydrogens is 350 g/mol. The molecule has 2 N–H and O–H groups in total. The quantitative estimate of drug-likeness (QED) is 0.514. The average Bonchev–Trinajstić information content (AvgIpc) is 3.11. The monoisotopic (exact) mass is 373 g/mol. The van der Waals surface area contributed by atoms with Crippen LogP contribution in [0, 0.1) is 0 Å². The molecule has 0 saturated carbocycles. The lowest BCUT2D eigenvalue weighted by Gasteiger charge is -2.13. The van der Waals surface area contributed by atoms with Gasteiger partial charge in [0.05, 0.1) is 6.33 Å². The van der Waals surface area contributed by atoms with E-state index in [0.717, 1.165) is 4.57 Å². The van der Waals surface area contributed by atoms with Gasteiger partial charge in [0.1, 0.15) is 18.5 Å². The van der Waals surface area contributed by atoms with E-state index in [-0.39, 0.29) is 12.2 Å². The largest absolute Gasteiger partial charge is 0.491 e. The number of aliphatic hydroxyl groups is 1. The fraction of sp³-hybridized carbons (Fsp3) is 0.389. The number of hydrogen-bond donors (Lipinski definition) is 2. The highest BCUT2D eigenvalue weighted by Crippen LogP contribution is 2.08.